The second-order valence-corrected chi connectivity index (χ2v) is 5.40. The molecular formula is C13H25NO5. The van der Waals surface area contributed by atoms with Crippen LogP contribution in [0.25, 0.3) is 0 Å². The van der Waals surface area contributed by atoms with Gasteiger partial charge in [0.05, 0.1) is 0 Å². The summed E-state index contributed by atoms with van der Waals surface area (Å²) in [7, 11) is 1.58. The third-order valence-corrected chi connectivity index (χ3v) is 2.13. The van der Waals surface area contributed by atoms with Gasteiger partial charge in [-0.05, 0) is 34.6 Å². The Labute approximate surface area is 114 Å². The molecule has 0 aliphatic carbocycles. The van der Waals surface area contributed by atoms with Crippen LogP contribution in [0.15, 0.2) is 0 Å². The number of carbonyl (C=O) groups is 2. The smallest absolute Gasteiger partial charge is 0.408 e. The first-order valence-corrected chi connectivity index (χ1v) is 6.34. The number of hydrogen-bond acceptors (Lipinski definition) is 5. The summed E-state index contributed by atoms with van der Waals surface area (Å²) < 4.78 is 15.1. The van der Waals surface area contributed by atoms with Gasteiger partial charge in [-0.2, -0.15) is 0 Å². The van der Waals surface area contributed by atoms with Gasteiger partial charge in [0.2, 0.25) is 0 Å². The molecule has 0 bridgehead atoms. The van der Waals surface area contributed by atoms with Crippen molar-refractivity contribution in [1.82, 2.24) is 5.32 Å². The zero-order valence-electron chi connectivity index (χ0n) is 12.6. The quantitative estimate of drug-likeness (QED) is 0.749. The van der Waals surface area contributed by atoms with Crippen molar-refractivity contribution in [3.05, 3.63) is 0 Å². The number of carbonyl (C=O) groups excluding carboxylic acids is 2. The fourth-order valence-corrected chi connectivity index (χ4v) is 1.19. The first kappa shape index (κ1) is 17.7. The van der Waals surface area contributed by atoms with E-state index in [9.17, 15) is 9.59 Å². The van der Waals surface area contributed by atoms with Crippen LogP contribution in [0, 0.1) is 0 Å². The van der Waals surface area contributed by atoms with Crippen LogP contribution >= 0.6 is 0 Å². The Morgan fingerprint density at radius 2 is 1.79 bits per heavy atom. The van der Waals surface area contributed by atoms with Gasteiger partial charge in [0, 0.05) is 20.1 Å². The molecule has 0 aromatic heterocycles. The topological polar surface area (TPSA) is 73.9 Å². The van der Waals surface area contributed by atoms with Crippen LogP contribution < -0.4 is 5.32 Å². The highest BCUT2D eigenvalue weighted by atomic mass is 16.6. The summed E-state index contributed by atoms with van der Waals surface area (Å²) >= 11 is 0. The maximum Gasteiger partial charge on any atom is 0.408 e. The summed E-state index contributed by atoms with van der Waals surface area (Å²) in [5.41, 5.74) is -0.598. The predicted octanol–water partition coefficient (Wildman–Crippen LogP) is 1.87. The lowest BCUT2D eigenvalue weighted by Crippen LogP contribution is -2.43. The van der Waals surface area contributed by atoms with E-state index in [0.29, 0.717) is 13.0 Å². The van der Waals surface area contributed by atoms with Crippen LogP contribution in [-0.2, 0) is 19.0 Å². The number of amides is 1. The zero-order valence-corrected chi connectivity index (χ0v) is 12.6. The van der Waals surface area contributed by atoms with Crippen LogP contribution in [-0.4, -0.2) is 43.5 Å². The molecule has 0 radical (unpaired) electrons. The van der Waals surface area contributed by atoms with E-state index in [-0.39, 0.29) is 6.10 Å². The van der Waals surface area contributed by atoms with E-state index >= 15 is 0 Å². The van der Waals surface area contributed by atoms with E-state index in [1.807, 2.05) is 0 Å². The van der Waals surface area contributed by atoms with Crippen molar-refractivity contribution in [3.63, 3.8) is 0 Å². The summed E-state index contributed by atoms with van der Waals surface area (Å²) in [6.07, 6.45) is -0.279. The molecule has 0 aliphatic heterocycles. The van der Waals surface area contributed by atoms with Crippen molar-refractivity contribution in [1.29, 1.82) is 0 Å². The average molecular weight is 275 g/mol. The number of ether oxygens (including phenoxy) is 3. The van der Waals surface area contributed by atoms with Gasteiger partial charge in [-0.3, -0.25) is 0 Å². The molecule has 19 heavy (non-hydrogen) atoms. The largest absolute Gasteiger partial charge is 0.461 e. The third-order valence-electron chi connectivity index (χ3n) is 2.13. The molecule has 0 aliphatic rings. The minimum Gasteiger partial charge on any atom is -0.461 e. The van der Waals surface area contributed by atoms with Gasteiger partial charge in [0.1, 0.15) is 17.7 Å². The molecule has 0 aromatic rings. The molecule has 0 rings (SSSR count). The van der Waals surface area contributed by atoms with Gasteiger partial charge in [-0.15, -0.1) is 0 Å². The number of nitrogens with one attached hydrogen (secondary N) is 1. The SMILES string of the molecule is COCC[C@H](C)OC(=O)[C@H](C)NC(=O)OC(C)(C)C. The zero-order chi connectivity index (χ0) is 15.1. The van der Waals surface area contributed by atoms with Gasteiger partial charge < -0.3 is 19.5 Å². The summed E-state index contributed by atoms with van der Waals surface area (Å²) in [6, 6.07) is -0.750. The number of esters is 1. The Bertz CT molecular complexity index is 298. The fraction of sp³-hybridized carbons (Fsp3) is 0.846. The monoisotopic (exact) mass is 275 g/mol. The fourth-order valence-electron chi connectivity index (χ4n) is 1.19. The third kappa shape index (κ3) is 9.30. The van der Waals surface area contributed by atoms with Gasteiger partial charge >= 0.3 is 12.1 Å². The van der Waals surface area contributed by atoms with Crippen LogP contribution in [0.3, 0.4) is 0 Å². The van der Waals surface area contributed by atoms with E-state index in [1.165, 1.54) is 0 Å². The molecule has 6 heteroatoms. The molecule has 0 aromatic carbocycles. The average Bonchev–Trinajstić information content (AvgIpc) is 2.23. The van der Waals surface area contributed by atoms with Crippen LogP contribution in [0.5, 0.6) is 0 Å². The van der Waals surface area contributed by atoms with E-state index in [1.54, 1.807) is 41.7 Å². The summed E-state index contributed by atoms with van der Waals surface area (Å²) in [6.45, 7) is 9.10. The van der Waals surface area contributed by atoms with Crippen LogP contribution in [0.2, 0.25) is 0 Å². The second-order valence-electron chi connectivity index (χ2n) is 5.40. The molecule has 2 atom stereocenters. The van der Waals surface area contributed by atoms with Crippen LogP contribution in [0.4, 0.5) is 4.79 Å². The lowest BCUT2D eigenvalue weighted by molar-refractivity contribution is -0.151. The highest BCUT2D eigenvalue weighted by Gasteiger charge is 2.22. The number of rotatable bonds is 6. The second kappa shape index (κ2) is 7.99. The molecule has 0 fully saturated rings. The van der Waals surface area contributed by atoms with Crippen molar-refractivity contribution in [2.24, 2.45) is 0 Å². The maximum atomic E-state index is 11.7. The van der Waals surface area contributed by atoms with Crippen molar-refractivity contribution in [3.8, 4) is 0 Å². The number of alkyl carbamates (subject to hydrolysis) is 1. The van der Waals surface area contributed by atoms with Gasteiger partial charge in [0.25, 0.3) is 0 Å². The maximum absolute atomic E-state index is 11.7. The van der Waals surface area contributed by atoms with E-state index in [4.69, 9.17) is 14.2 Å². The Kier molecular flexibility index (Phi) is 7.44. The van der Waals surface area contributed by atoms with E-state index in [0.717, 1.165) is 0 Å². The van der Waals surface area contributed by atoms with Crippen molar-refractivity contribution >= 4 is 12.1 Å². The van der Waals surface area contributed by atoms with Gasteiger partial charge in [-0.1, -0.05) is 0 Å². The summed E-state index contributed by atoms with van der Waals surface area (Å²) in [5, 5.41) is 2.43. The first-order valence-electron chi connectivity index (χ1n) is 6.34. The molecule has 0 spiro atoms. The first-order chi connectivity index (χ1) is 8.65. The molecule has 0 heterocycles. The highest BCUT2D eigenvalue weighted by Crippen LogP contribution is 2.07. The Morgan fingerprint density at radius 3 is 2.26 bits per heavy atom. The van der Waals surface area contributed by atoms with E-state index < -0.39 is 23.7 Å². The van der Waals surface area contributed by atoms with Gasteiger partial charge in [0.15, 0.2) is 0 Å². The molecule has 0 saturated carbocycles. The minimum absolute atomic E-state index is 0.254. The van der Waals surface area contributed by atoms with Crippen LogP contribution in [0.1, 0.15) is 41.0 Å². The normalized spacial score (nSPS) is 14.4. The predicted molar refractivity (Wildman–Crippen MR) is 70.9 cm³/mol. The lowest BCUT2D eigenvalue weighted by atomic mass is 10.2. The van der Waals surface area contributed by atoms with Crippen molar-refractivity contribution in [2.45, 2.75) is 58.8 Å². The molecule has 6 nitrogen and oxygen atoms in total. The molecular weight excluding hydrogens is 250 g/mol. The summed E-state index contributed by atoms with van der Waals surface area (Å²) in [4.78, 5) is 23.2. The Morgan fingerprint density at radius 1 is 1.21 bits per heavy atom. The summed E-state index contributed by atoms with van der Waals surface area (Å²) in [5.74, 6) is -0.491. The molecule has 1 amide bonds. The Balaban J connectivity index is 4.09. The number of methoxy groups -OCH3 is 1. The molecule has 0 unspecified atom stereocenters. The lowest BCUT2D eigenvalue weighted by Gasteiger charge is -2.22. The van der Waals surface area contributed by atoms with E-state index in [2.05, 4.69) is 5.32 Å². The number of hydrogen-bond donors (Lipinski definition) is 1. The highest BCUT2D eigenvalue weighted by molar-refractivity contribution is 5.81. The minimum atomic E-state index is -0.750. The molecule has 0 saturated heterocycles. The van der Waals surface area contributed by atoms with Crippen molar-refractivity contribution in [2.75, 3.05) is 13.7 Å². The van der Waals surface area contributed by atoms with Gasteiger partial charge in [-0.25, -0.2) is 9.59 Å². The standard InChI is InChI=1S/C13H25NO5/c1-9(7-8-17-6)18-11(15)10(2)14-12(16)19-13(3,4)5/h9-10H,7-8H2,1-6H3,(H,14,16)/t9-,10-/m0/s1. The molecule has 1 N–H and O–H groups in total. The Hall–Kier alpha value is -1.30. The molecule has 112 valence electrons. The van der Waals surface area contributed by atoms with Crippen molar-refractivity contribution < 1.29 is 23.8 Å².